The van der Waals surface area contributed by atoms with E-state index in [0.29, 0.717) is 32.6 Å². The van der Waals surface area contributed by atoms with Gasteiger partial charge in [0.2, 0.25) is 11.8 Å². The molecule has 0 spiro atoms. The van der Waals surface area contributed by atoms with E-state index in [4.69, 9.17) is 4.99 Å². The number of piperazine rings is 1. The lowest BCUT2D eigenvalue weighted by Crippen LogP contribution is -2.47. The highest BCUT2D eigenvalue weighted by Gasteiger charge is 2.21. The number of hydrogen-bond acceptors (Lipinski definition) is 4. The predicted molar refractivity (Wildman–Crippen MR) is 131 cm³/mol. The molecule has 2 aromatic rings. The molecule has 174 valence electrons. The van der Waals surface area contributed by atoms with Crippen LogP contribution in [0, 0.1) is 0 Å². The van der Waals surface area contributed by atoms with E-state index in [-0.39, 0.29) is 11.8 Å². The molecule has 2 aromatic carbocycles. The van der Waals surface area contributed by atoms with Crippen LogP contribution in [0.4, 0.5) is 11.4 Å². The minimum atomic E-state index is 0.0652. The van der Waals surface area contributed by atoms with Crippen LogP contribution in [0.5, 0.6) is 0 Å². The standard InChI is InChI=1S/C25H32N6O2/c1-2-26-25(29-17-20-7-11-22(12-8-20)31-14-3-4-24(31)33)28-16-19-5-9-21(10-6-19)30-15-13-27-23(32)18-30/h5-12H,2-4,13-18H2,1H3,(H,27,32)(H2,26,28,29). The second-order valence-corrected chi connectivity index (χ2v) is 8.30. The summed E-state index contributed by atoms with van der Waals surface area (Å²) in [6, 6.07) is 16.4. The first kappa shape index (κ1) is 22.6. The van der Waals surface area contributed by atoms with Gasteiger partial charge in [-0.15, -0.1) is 0 Å². The molecule has 2 saturated heterocycles. The molecule has 8 nitrogen and oxygen atoms in total. The van der Waals surface area contributed by atoms with Crippen molar-refractivity contribution in [2.45, 2.75) is 32.9 Å². The Morgan fingerprint density at radius 1 is 0.970 bits per heavy atom. The van der Waals surface area contributed by atoms with Crippen molar-refractivity contribution in [1.82, 2.24) is 16.0 Å². The van der Waals surface area contributed by atoms with Gasteiger partial charge in [0.1, 0.15) is 0 Å². The summed E-state index contributed by atoms with van der Waals surface area (Å²) < 4.78 is 0. The molecule has 8 heteroatoms. The van der Waals surface area contributed by atoms with Gasteiger partial charge in [0, 0.05) is 50.5 Å². The molecule has 2 amide bonds. The number of amides is 2. The Morgan fingerprint density at radius 2 is 1.70 bits per heavy atom. The Balaban J connectivity index is 1.32. The molecule has 2 aliphatic heterocycles. The third-order valence-corrected chi connectivity index (χ3v) is 5.89. The summed E-state index contributed by atoms with van der Waals surface area (Å²) in [5.74, 6) is 1.03. The van der Waals surface area contributed by atoms with Crippen LogP contribution in [-0.2, 0) is 22.7 Å². The molecule has 33 heavy (non-hydrogen) atoms. The van der Waals surface area contributed by atoms with Gasteiger partial charge in [-0.25, -0.2) is 4.99 Å². The smallest absolute Gasteiger partial charge is 0.239 e. The number of nitrogens with zero attached hydrogens (tertiary/aromatic N) is 3. The van der Waals surface area contributed by atoms with Crippen LogP contribution in [0.1, 0.15) is 30.9 Å². The molecule has 0 unspecified atom stereocenters. The Hall–Kier alpha value is -3.55. The number of carbonyl (C=O) groups is 2. The minimum Gasteiger partial charge on any atom is -0.360 e. The quantitative estimate of drug-likeness (QED) is 0.445. The van der Waals surface area contributed by atoms with Gasteiger partial charge in [-0.05, 0) is 48.7 Å². The average molecular weight is 449 g/mol. The molecule has 2 fully saturated rings. The topological polar surface area (TPSA) is 89.1 Å². The first-order valence-corrected chi connectivity index (χ1v) is 11.6. The Labute approximate surface area is 195 Å². The van der Waals surface area contributed by atoms with Gasteiger partial charge in [-0.3, -0.25) is 9.59 Å². The summed E-state index contributed by atoms with van der Waals surface area (Å²) >= 11 is 0. The minimum absolute atomic E-state index is 0.0652. The maximum atomic E-state index is 11.9. The molecule has 0 atom stereocenters. The maximum absolute atomic E-state index is 11.9. The van der Waals surface area contributed by atoms with Gasteiger partial charge in [0.05, 0.1) is 13.1 Å². The molecular formula is C25H32N6O2. The lowest BCUT2D eigenvalue weighted by molar-refractivity contribution is -0.120. The highest BCUT2D eigenvalue weighted by atomic mass is 16.2. The zero-order chi connectivity index (χ0) is 23.0. The molecule has 3 N–H and O–H groups in total. The molecule has 0 saturated carbocycles. The maximum Gasteiger partial charge on any atom is 0.239 e. The van der Waals surface area contributed by atoms with E-state index in [1.165, 1.54) is 0 Å². The van der Waals surface area contributed by atoms with Crippen LogP contribution in [0.2, 0.25) is 0 Å². The zero-order valence-electron chi connectivity index (χ0n) is 19.1. The lowest BCUT2D eigenvalue weighted by Gasteiger charge is -2.28. The second-order valence-electron chi connectivity index (χ2n) is 8.30. The molecule has 0 bridgehead atoms. The highest BCUT2D eigenvalue weighted by molar-refractivity contribution is 5.95. The lowest BCUT2D eigenvalue weighted by atomic mass is 10.2. The van der Waals surface area contributed by atoms with E-state index < -0.39 is 0 Å². The van der Waals surface area contributed by atoms with Crippen molar-refractivity contribution in [2.24, 2.45) is 4.99 Å². The Bertz CT molecular complexity index is 987. The third-order valence-electron chi connectivity index (χ3n) is 5.89. The molecule has 0 radical (unpaired) electrons. The normalized spacial score (nSPS) is 16.7. The molecular weight excluding hydrogens is 416 g/mol. The number of benzene rings is 2. The number of anilines is 2. The fraction of sp³-hybridized carbons (Fsp3) is 0.400. The van der Waals surface area contributed by atoms with Crippen molar-refractivity contribution in [3.05, 3.63) is 59.7 Å². The van der Waals surface area contributed by atoms with Crippen molar-refractivity contribution < 1.29 is 9.59 Å². The summed E-state index contributed by atoms with van der Waals surface area (Å²) in [6.07, 6.45) is 1.58. The van der Waals surface area contributed by atoms with E-state index in [9.17, 15) is 9.59 Å². The predicted octanol–water partition coefficient (Wildman–Crippen LogP) is 2.00. The van der Waals surface area contributed by atoms with Crippen molar-refractivity contribution in [3.8, 4) is 0 Å². The number of hydrogen-bond donors (Lipinski definition) is 3. The number of nitrogens with one attached hydrogen (secondary N) is 3. The third kappa shape index (κ3) is 6.03. The monoisotopic (exact) mass is 448 g/mol. The van der Waals surface area contributed by atoms with Crippen molar-refractivity contribution in [1.29, 1.82) is 0 Å². The van der Waals surface area contributed by atoms with Crippen LogP contribution in [-0.4, -0.2) is 50.5 Å². The van der Waals surface area contributed by atoms with E-state index in [1.807, 2.05) is 24.0 Å². The number of rotatable bonds is 7. The molecule has 2 heterocycles. The van der Waals surface area contributed by atoms with Gasteiger partial charge in [0.15, 0.2) is 5.96 Å². The zero-order valence-corrected chi connectivity index (χ0v) is 19.1. The Morgan fingerprint density at radius 3 is 2.36 bits per heavy atom. The van der Waals surface area contributed by atoms with Crippen LogP contribution in [0.25, 0.3) is 0 Å². The number of carbonyl (C=O) groups excluding carboxylic acids is 2. The van der Waals surface area contributed by atoms with Crippen LogP contribution < -0.4 is 25.8 Å². The van der Waals surface area contributed by atoms with E-state index in [2.05, 4.69) is 57.2 Å². The van der Waals surface area contributed by atoms with Crippen molar-refractivity contribution >= 4 is 29.1 Å². The molecule has 4 rings (SSSR count). The van der Waals surface area contributed by atoms with Gasteiger partial charge < -0.3 is 25.8 Å². The van der Waals surface area contributed by atoms with Crippen molar-refractivity contribution in [2.75, 3.05) is 42.5 Å². The average Bonchev–Trinajstić information content (AvgIpc) is 3.27. The fourth-order valence-electron chi connectivity index (χ4n) is 4.08. The molecule has 0 aliphatic carbocycles. The van der Waals surface area contributed by atoms with Gasteiger partial charge >= 0.3 is 0 Å². The van der Waals surface area contributed by atoms with Crippen LogP contribution >= 0.6 is 0 Å². The number of aliphatic imine (C=N–C) groups is 1. The SMILES string of the molecule is CCNC(=NCc1ccc(N2CCNC(=O)C2)cc1)NCc1ccc(N2CCCC2=O)cc1. The first-order valence-electron chi connectivity index (χ1n) is 11.6. The van der Waals surface area contributed by atoms with Crippen LogP contribution in [0.3, 0.4) is 0 Å². The summed E-state index contributed by atoms with van der Waals surface area (Å²) in [7, 11) is 0. The first-order chi connectivity index (χ1) is 16.1. The summed E-state index contributed by atoms with van der Waals surface area (Å²) in [5.41, 5.74) is 4.26. The Kier molecular flexibility index (Phi) is 7.44. The second kappa shape index (κ2) is 10.8. The number of guanidine groups is 1. The van der Waals surface area contributed by atoms with Gasteiger partial charge in [-0.2, -0.15) is 0 Å². The van der Waals surface area contributed by atoms with Crippen molar-refractivity contribution in [3.63, 3.8) is 0 Å². The van der Waals surface area contributed by atoms with E-state index in [0.717, 1.165) is 54.5 Å². The fourth-order valence-corrected chi connectivity index (χ4v) is 4.08. The van der Waals surface area contributed by atoms with Crippen LogP contribution in [0.15, 0.2) is 53.5 Å². The molecule has 0 aromatic heterocycles. The van der Waals surface area contributed by atoms with E-state index >= 15 is 0 Å². The van der Waals surface area contributed by atoms with Gasteiger partial charge in [-0.1, -0.05) is 24.3 Å². The van der Waals surface area contributed by atoms with E-state index in [1.54, 1.807) is 0 Å². The summed E-state index contributed by atoms with van der Waals surface area (Å²) in [5, 5.41) is 9.52. The summed E-state index contributed by atoms with van der Waals surface area (Å²) in [4.78, 5) is 32.2. The molecule has 2 aliphatic rings. The van der Waals surface area contributed by atoms with Gasteiger partial charge in [0.25, 0.3) is 0 Å². The largest absolute Gasteiger partial charge is 0.360 e. The highest BCUT2D eigenvalue weighted by Crippen LogP contribution is 2.21. The summed E-state index contributed by atoms with van der Waals surface area (Å²) in [6.45, 7) is 6.75.